The molecule has 0 radical (unpaired) electrons. The Morgan fingerprint density at radius 2 is 1.86 bits per heavy atom. The van der Waals surface area contributed by atoms with E-state index >= 15 is 0 Å². The van der Waals surface area contributed by atoms with Gasteiger partial charge in [-0.05, 0) is 58.1 Å². The van der Waals surface area contributed by atoms with E-state index < -0.39 is 35.3 Å². The van der Waals surface area contributed by atoms with Gasteiger partial charge in [-0.3, -0.25) is 29.4 Å². The van der Waals surface area contributed by atoms with E-state index in [-0.39, 0.29) is 35.5 Å². The van der Waals surface area contributed by atoms with Crippen LogP contribution < -0.4 is 10.6 Å². The number of imide groups is 2. The predicted octanol–water partition coefficient (Wildman–Crippen LogP) is 2.15. The van der Waals surface area contributed by atoms with Gasteiger partial charge in [-0.2, -0.15) is 0 Å². The number of likely N-dealkylation sites (tertiary alicyclic amines) is 1. The zero-order chi connectivity index (χ0) is 25.1. The second-order valence-electron chi connectivity index (χ2n) is 11.2. The number of anilines is 1. The second kappa shape index (κ2) is 8.07. The molecule has 1 unspecified atom stereocenters. The second-order valence-corrected chi connectivity index (χ2v) is 11.2. The average Bonchev–Trinajstić information content (AvgIpc) is 2.95. The van der Waals surface area contributed by atoms with E-state index in [0.29, 0.717) is 31.2 Å². The van der Waals surface area contributed by atoms with Gasteiger partial charge in [-0.15, -0.1) is 0 Å². The van der Waals surface area contributed by atoms with Crippen LogP contribution in [0.2, 0.25) is 0 Å². The maximum atomic E-state index is 13.2. The minimum Gasteiger partial charge on any atom is -0.444 e. The molecule has 3 heterocycles. The molecule has 1 aromatic carbocycles. The molecule has 1 atom stereocenters. The number of rotatable bonds is 4. The SMILES string of the molecule is CC(C)(C)OC(=O)N1CC2(CC(CNc3cccc4c3C(=O)N(C3CCC(=O)NC3=O)C4=O)C2)C1. The topological polar surface area (TPSA) is 125 Å². The number of amides is 5. The van der Waals surface area contributed by atoms with Crippen LogP contribution in [0.1, 0.15) is 67.2 Å². The molecule has 5 rings (SSSR count). The Balaban J connectivity index is 1.18. The van der Waals surface area contributed by atoms with Crippen LogP contribution in [0.3, 0.4) is 0 Å². The molecule has 1 saturated carbocycles. The van der Waals surface area contributed by atoms with Crippen molar-refractivity contribution >= 4 is 35.4 Å². The number of hydrogen-bond donors (Lipinski definition) is 2. The first-order chi connectivity index (χ1) is 16.5. The summed E-state index contributed by atoms with van der Waals surface area (Å²) in [5, 5.41) is 5.54. The lowest BCUT2D eigenvalue weighted by atomic mass is 9.58. The largest absolute Gasteiger partial charge is 0.444 e. The number of nitrogens with zero attached hydrogens (tertiary/aromatic N) is 2. The van der Waals surface area contributed by atoms with E-state index in [1.165, 1.54) is 0 Å². The number of fused-ring (bicyclic) bond motifs is 1. The molecule has 3 aliphatic heterocycles. The average molecular weight is 483 g/mol. The third-order valence-electron chi connectivity index (χ3n) is 7.20. The fourth-order valence-electron chi connectivity index (χ4n) is 5.70. The Kier molecular flexibility index (Phi) is 5.37. The summed E-state index contributed by atoms with van der Waals surface area (Å²) < 4.78 is 5.43. The molecular weight excluding hydrogens is 452 g/mol. The Labute approximate surface area is 203 Å². The van der Waals surface area contributed by atoms with Gasteiger partial charge < -0.3 is 15.0 Å². The monoisotopic (exact) mass is 482 g/mol. The van der Waals surface area contributed by atoms with Crippen molar-refractivity contribution in [2.75, 3.05) is 25.0 Å². The Morgan fingerprint density at radius 3 is 2.51 bits per heavy atom. The van der Waals surface area contributed by atoms with Crippen molar-refractivity contribution in [1.29, 1.82) is 0 Å². The standard InChI is InChI=1S/C25H30N4O6/c1-24(2,3)35-23(34)28-12-25(13-28)9-14(10-25)11-26-16-6-4-5-15-19(16)22(33)29(21(15)32)17-7-8-18(30)27-20(17)31/h4-6,14,17,26H,7-13H2,1-3H3,(H,27,30,31). The fourth-order valence-corrected chi connectivity index (χ4v) is 5.70. The predicted molar refractivity (Wildman–Crippen MR) is 125 cm³/mol. The van der Waals surface area contributed by atoms with Gasteiger partial charge in [-0.25, -0.2) is 4.79 Å². The van der Waals surface area contributed by atoms with Crippen LogP contribution in [-0.2, 0) is 14.3 Å². The molecule has 1 spiro atoms. The van der Waals surface area contributed by atoms with Gasteiger partial charge in [0.15, 0.2) is 0 Å². The Bertz CT molecular complexity index is 1130. The molecule has 35 heavy (non-hydrogen) atoms. The summed E-state index contributed by atoms with van der Waals surface area (Å²) in [5.74, 6) is -1.65. The lowest BCUT2D eigenvalue weighted by Crippen LogP contribution is -2.64. The van der Waals surface area contributed by atoms with Crippen molar-refractivity contribution in [1.82, 2.24) is 15.1 Å². The van der Waals surface area contributed by atoms with Crippen molar-refractivity contribution in [3.63, 3.8) is 0 Å². The number of benzene rings is 1. The molecular formula is C25H30N4O6. The first kappa shape index (κ1) is 23.3. The van der Waals surface area contributed by atoms with Crippen molar-refractivity contribution < 1.29 is 28.7 Å². The van der Waals surface area contributed by atoms with Crippen molar-refractivity contribution in [3.05, 3.63) is 29.3 Å². The highest BCUT2D eigenvalue weighted by Crippen LogP contribution is 2.52. The molecule has 10 nitrogen and oxygen atoms in total. The summed E-state index contributed by atoms with van der Waals surface area (Å²) in [7, 11) is 0. The highest BCUT2D eigenvalue weighted by molar-refractivity contribution is 6.25. The number of piperidine rings is 1. The molecule has 0 aromatic heterocycles. The van der Waals surface area contributed by atoms with Crippen LogP contribution in [0.15, 0.2) is 18.2 Å². The quantitative estimate of drug-likeness (QED) is 0.630. The summed E-state index contributed by atoms with van der Waals surface area (Å²) in [6.45, 7) is 7.61. The van der Waals surface area contributed by atoms with Crippen molar-refractivity contribution in [2.45, 2.75) is 58.1 Å². The lowest BCUT2D eigenvalue weighted by molar-refractivity contribution is -0.136. The Morgan fingerprint density at radius 1 is 1.14 bits per heavy atom. The maximum Gasteiger partial charge on any atom is 0.410 e. The van der Waals surface area contributed by atoms with E-state index in [4.69, 9.17) is 4.74 Å². The van der Waals surface area contributed by atoms with Gasteiger partial charge in [-0.1, -0.05) is 6.07 Å². The van der Waals surface area contributed by atoms with Gasteiger partial charge in [0, 0.05) is 37.2 Å². The van der Waals surface area contributed by atoms with Crippen LogP contribution in [0, 0.1) is 11.3 Å². The fraction of sp³-hybridized carbons (Fsp3) is 0.560. The van der Waals surface area contributed by atoms with Crippen molar-refractivity contribution in [2.24, 2.45) is 11.3 Å². The molecule has 3 fully saturated rings. The van der Waals surface area contributed by atoms with Crippen LogP contribution >= 0.6 is 0 Å². The van der Waals surface area contributed by atoms with Crippen LogP contribution in [0.4, 0.5) is 10.5 Å². The maximum absolute atomic E-state index is 13.2. The number of hydrogen-bond acceptors (Lipinski definition) is 7. The first-order valence-corrected chi connectivity index (χ1v) is 12.0. The zero-order valence-corrected chi connectivity index (χ0v) is 20.2. The third-order valence-corrected chi connectivity index (χ3v) is 7.20. The van der Waals surface area contributed by atoms with Gasteiger partial charge in [0.2, 0.25) is 11.8 Å². The zero-order valence-electron chi connectivity index (χ0n) is 20.2. The molecule has 5 amide bonds. The lowest BCUT2D eigenvalue weighted by Gasteiger charge is -2.58. The molecule has 4 aliphatic rings. The normalized spacial score (nSPS) is 23.6. The van der Waals surface area contributed by atoms with E-state index in [9.17, 15) is 24.0 Å². The van der Waals surface area contributed by atoms with Gasteiger partial charge in [0.05, 0.1) is 11.1 Å². The molecule has 10 heteroatoms. The molecule has 2 saturated heterocycles. The minimum atomic E-state index is -0.981. The first-order valence-electron chi connectivity index (χ1n) is 12.0. The minimum absolute atomic E-state index is 0.0870. The number of ether oxygens (including phenoxy) is 1. The van der Waals surface area contributed by atoms with Crippen LogP contribution in [-0.4, -0.2) is 70.8 Å². The number of nitrogens with one attached hydrogen (secondary N) is 2. The highest BCUT2D eigenvalue weighted by atomic mass is 16.6. The smallest absolute Gasteiger partial charge is 0.410 e. The van der Waals surface area contributed by atoms with Crippen LogP contribution in [0.25, 0.3) is 0 Å². The number of carbonyl (C=O) groups is 5. The van der Waals surface area contributed by atoms with E-state index in [2.05, 4.69) is 10.6 Å². The van der Waals surface area contributed by atoms with Gasteiger partial charge >= 0.3 is 6.09 Å². The summed E-state index contributed by atoms with van der Waals surface area (Å²) in [6.07, 6.45) is 1.90. The number of carbonyl (C=O) groups excluding carboxylic acids is 5. The Hall–Kier alpha value is -3.43. The molecule has 0 bridgehead atoms. The summed E-state index contributed by atoms with van der Waals surface area (Å²) in [4.78, 5) is 64.8. The summed E-state index contributed by atoms with van der Waals surface area (Å²) >= 11 is 0. The molecule has 186 valence electrons. The highest BCUT2D eigenvalue weighted by Gasteiger charge is 2.54. The third kappa shape index (κ3) is 4.15. The van der Waals surface area contributed by atoms with Gasteiger partial charge in [0.25, 0.3) is 11.8 Å². The van der Waals surface area contributed by atoms with Crippen LogP contribution in [0.5, 0.6) is 0 Å². The molecule has 1 aromatic rings. The summed E-state index contributed by atoms with van der Waals surface area (Å²) in [5.41, 5.74) is 0.753. The van der Waals surface area contributed by atoms with E-state index in [1.54, 1.807) is 23.1 Å². The molecule has 1 aliphatic carbocycles. The van der Waals surface area contributed by atoms with Crippen molar-refractivity contribution in [3.8, 4) is 0 Å². The van der Waals surface area contributed by atoms with E-state index in [1.807, 2.05) is 20.8 Å². The van der Waals surface area contributed by atoms with Gasteiger partial charge in [0.1, 0.15) is 11.6 Å². The van der Waals surface area contributed by atoms with E-state index in [0.717, 1.165) is 17.7 Å². The molecule has 2 N–H and O–H groups in total. The summed E-state index contributed by atoms with van der Waals surface area (Å²) in [6, 6.07) is 4.09.